The Bertz CT molecular complexity index is 1440. The Morgan fingerprint density at radius 2 is 1.77 bits per heavy atom. The maximum absolute atomic E-state index is 13.2. The molecule has 3 aromatic rings. The van der Waals surface area contributed by atoms with Gasteiger partial charge in [-0.05, 0) is 92.2 Å². The molecule has 1 saturated heterocycles. The second-order valence-electron chi connectivity index (χ2n) is 10.1. The van der Waals surface area contributed by atoms with Crippen LogP contribution in [0.5, 0.6) is 0 Å². The summed E-state index contributed by atoms with van der Waals surface area (Å²) in [6.07, 6.45) is 4.80. The highest BCUT2D eigenvalue weighted by molar-refractivity contribution is 7.92. The summed E-state index contributed by atoms with van der Waals surface area (Å²) in [5.41, 5.74) is 9.62. The van der Waals surface area contributed by atoms with Gasteiger partial charge in [-0.15, -0.1) is 0 Å². The highest BCUT2D eigenvalue weighted by Gasteiger charge is 2.28. The summed E-state index contributed by atoms with van der Waals surface area (Å²) >= 11 is 0. The van der Waals surface area contributed by atoms with E-state index >= 15 is 0 Å². The summed E-state index contributed by atoms with van der Waals surface area (Å²) in [4.78, 5) is 27.0. The second-order valence-corrected chi connectivity index (χ2v) is 11.8. The van der Waals surface area contributed by atoms with Crippen LogP contribution < -0.4 is 15.8 Å². The van der Waals surface area contributed by atoms with Crippen LogP contribution in [0.4, 0.5) is 11.4 Å². The Balaban J connectivity index is 1.46. The first-order chi connectivity index (χ1) is 18.7. The Kier molecular flexibility index (Phi) is 9.04. The highest BCUT2D eigenvalue weighted by Crippen LogP contribution is 2.23. The zero-order valence-corrected chi connectivity index (χ0v) is 23.3. The molecule has 0 bridgehead atoms. The van der Waals surface area contributed by atoms with Crippen molar-refractivity contribution in [2.45, 2.75) is 63.4 Å². The molecule has 4 rings (SSSR count). The molecule has 0 aliphatic carbocycles. The molecule has 1 heterocycles. The van der Waals surface area contributed by atoms with Crippen LogP contribution in [0.1, 0.15) is 59.7 Å². The van der Waals surface area contributed by atoms with E-state index in [1.54, 1.807) is 31.2 Å². The summed E-state index contributed by atoms with van der Waals surface area (Å²) < 4.78 is 28.8. The maximum atomic E-state index is 13.2. The number of hydrogen-bond donors (Lipinski definition) is 3. The minimum atomic E-state index is -3.89. The van der Waals surface area contributed by atoms with Crippen LogP contribution in [0.2, 0.25) is 0 Å². The first-order valence-corrected chi connectivity index (χ1v) is 14.8. The fourth-order valence-corrected chi connectivity index (χ4v) is 5.95. The van der Waals surface area contributed by atoms with Crippen molar-refractivity contribution < 1.29 is 18.0 Å². The van der Waals surface area contributed by atoms with E-state index in [0.717, 1.165) is 49.8 Å². The maximum Gasteiger partial charge on any atom is 0.261 e. The van der Waals surface area contributed by atoms with Gasteiger partial charge >= 0.3 is 0 Å². The van der Waals surface area contributed by atoms with Crippen molar-refractivity contribution in [1.82, 2.24) is 4.90 Å². The molecule has 0 saturated carbocycles. The lowest BCUT2D eigenvalue weighted by molar-refractivity contribution is -0.122. The van der Waals surface area contributed by atoms with E-state index in [-0.39, 0.29) is 22.4 Å². The van der Waals surface area contributed by atoms with Crippen LogP contribution in [-0.2, 0) is 27.8 Å². The first-order valence-electron chi connectivity index (χ1n) is 13.3. The number of nitrogens with zero attached hydrogens (tertiary/aromatic N) is 1. The topological polar surface area (TPSA) is 122 Å². The minimum absolute atomic E-state index is 0.00795. The molecule has 206 valence electrons. The number of hydrogen-bond acceptors (Lipinski definition) is 5. The van der Waals surface area contributed by atoms with Crippen LogP contribution >= 0.6 is 0 Å². The number of rotatable bonds is 11. The molecule has 2 amide bonds. The number of primary amides is 1. The third-order valence-corrected chi connectivity index (χ3v) is 8.43. The van der Waals surface area contributed by atoms with Gasteiger partial charge in [-0.2, -0.15) is 0 Å². The molecule has 1 atom stereocenters. The van der Waals surface area contributed by atoms with Crippen LogP contribution in [-0.4, -0.2) is 37.7 Å². The number of nitrogens with one attached hydrogen (secondary N) is 2. The number of likely N-dealkylation sites (tertiary alicyclic amines) is 1. The van der Waals surface area contributed by atoms with E-state index in [2.05, 4.69) is 17.0 Å². The van der Waals surface area contributed by atoms with Gasteiger partial charge in [-0.3, -0.25) is 19.2 Å². The molecule has 3 aromatic carbocycles. The van der Waals surface area contributed by atoms with Gasteiger partial charge in [0.2, 0.25) is 5.91 Å². The molecule has 0 aromatic heterocycles. The average Bonchev–Trinajstić information content (AvgIpc) is 3.37. The van der Waals surface area contributed by atoms with Crippen molar-refractivity contribution in [3.8, 4) is 0 Å². The van der Waals surface area contributed by atoms with Crippen LogP contribution in [0.25, 0.3) is 0 Å². The van der Waals surface area contributed by atoms with Crippen LogP contribution in [0.3, 0.4) is 0 Å². The number of anilines is 2. The van der Waals surface area contributed by atoms with Gasteiger partial charge in [0.25, 0.3) is 15.9 Å². The SMILES string of the molecule is CCCCc1ccc(NS(=O)(=O)c2ccc(C)c(C(=O)Nc3cccc(CN4CCCC4C(N)=O)c3)c2)cc1. The molecule has 0 spiro atoms. The molecular weight excluding hydrogens is 512 g/mol. The van der Waals surface area contributed by atoms with E-state index in [4.69, 9.17) is 5.73 Å². The summed E-state index contributed by atoms with van der Waals surface area (Å²) in [5, 5.41) is 2.89. The number of amides is 2. The Morgan fingerprint density at radius 3 is 2.49 bits per heavy atom. The van der Waals surface area contributed by atoms with Gasteiger partial charge in [0.15, 0.2) is 0 Å². The largest absolute Gasteiger partial charge is 0.368 e. The monoisotopic (exact) mass is 548 g/mol. The zero-order chi connectivity index (χ0) is 28.0. The summed E-state index contributed by atoms with van der Waals surface area (Å²) in [5.74, 6) is -0.723. The van der Waals surface area contributed by atoms with Gasteiger partial charge in [-0.1, -0.05) is 43.7 Å². The number of carbonyl (C=O) groups excluding carboxylic acids is 2. The minimum Gasteiger partial charge on any atom is -0.368 e. The van der Waals surface area contributed by atoms with Gasteiger partial charge in [0.1, 0.15) is 0 Å². The zero-order valence-electron chi connectivity index (χ0n) is 22.4. The third kappa shape index (κ3) is 7.25. The van der Waals surface area contributed by atoms with Gasteiger partial charge in [-0.25, -0.2) is 8.42 Å². The fourth-order valence-electron chi connectivity index (χ4n) is 4.87. The van der Waals surface area contributed by atoms with Crippen molar-refractivity contribution in [1.29, 1.82) is 0 Å². The summed E-state index contributed by atoms with van der Waals surface area (Å²) in [6, 6.07) is 19.0. The lowest BCUT2D eigenvalue weighted by Crippen LogP contribution is -2.39. The molecule has 1 aliphatic heterocycles. The number of unbranched alkanes of at least 4 members (excludes halogenated alkanes) is 1. The molecule has 9 heteroatoms. The Hall–Kier alpha value is -3.69. The van der Waals surface area contributed by atoms with Crippen molar-refractivity contribution in [3.63, 3.8) is 0 Å². The normalized spacial score (nSPS) is 15.7. The quantitative estimate of drug-likeness (QED) is 0.317. The number of nitrogens with two attached hydrogens (primary N) is 1. The molecule has 1 fully saturated rings. The molecular formula is C30H36N4O4S. The Labute approximate surface area is 230 Å². The second kappa shape index (κ2) is 12.4. The lowest BCUT2D eigenvalue weighted by Gasteiger charge is -2.22. The number of benzene rings is 3. The van der Waals surface area contributed by atoms with E-state index < -0.39 is 15.9 Å². The Morgan fingerprint density at radius 1 is 1.00 bits per heavy atom. The van der Waals surface area contributed by atoms with Gasteiger partial charge in [0.05, 0.1) is 10.9 Å². The average molecular weight is 549 g/mol. The van der Waals surface area contributed by atoms with Crippen LogP contribution in [0.15, 0.2) is 71.6 Å². The standard InChI is InChI=1S/C30H36N4O4S/c1-3-4-7-22-12-14-24(15-13-22)33-39(37,38)26-16-11-21(2)27(19-26)30(36)32-25-9-5-8-23(18-25)20-34-17-6-10-28(34)29(31)35/h5,8-9,11-16,18-19,28,33H,3-4,6-7,10,17,20H2,1-2H3,(H2,31,35)(H,32,36). The number of aryl methyl sites for hydroxylation is 2. The molecule has 1 aliphatic rings. The van der Waals surface area contributed by atoms with Crippen molar-refractivity contribution in [2.24, 2.45) is 5.73 Å². The van der Waals surface area contributed by atoms with E-state index in [1.807, 2.05) is 35.2 Å². The van der Waals surface area contributed by atoms with Gasteiger partial charge < -0.3 is 11.1 Å². The number of sulfonamides is 1. The van der Waals surface area contributed by atoms with E-state index in [1.165, 1.54) is 12.1 Å². The van der Waals surface area contributed by atoms with E-state index in [0.29, 0.717) is 23.5 Å². The predicted molar refractivity (Wildman–Crippen MR) is 154 cm³/mol. The van der Waals surface area contributed by atoms with Crippen molar-refractivity contribution >= 4 is 33.2 Å². The number of carbonyl (C=O) groups is 2. The van der Waals surface area contributed by atoms with Crippen molar-refractivity contribution in [2.75, 3.05) is 16.6 Å². The predicted octanol–water partition coefficient (Wildman–Crippen LogP) is 4.84. The van der Waals surface area contributed by atoms with Gasteiger partial charge in [0, 0.05) is 23.5 Å². The lowest BCUT2D eigenvalue weighted by atomic mass is 10.1. The molecule has 39 heavy (non-hydrogen) atoms. The molecule has 0 radical (unpaired) electrons. The molecule has 4 N–H and O–H groups in total. The van der Waals surface area contributed by atoms with Crippen molar-refractivity contribution in [3.05, 3.63) is 89.0 Å². The van der Waals surface area contributed by atoms with Crippen LogP contribution in [0, 0.1) is 6.92 Å². The molecule has 1 unspecified atom stereocenters. The first kappa shape index (κ1) is 28.3. The summed E-state index contributed by atoms with van der Waals surface area (Å²) in [7, 11) is -3.89. The smallest absolute Gasteiger partial charge is 0.261 e. The molecule has 8 nitrogen and oxygen atoms in total. The fraction of sp³-hybridized carbons (Fsp3) is 0.333. The summed E-state index contributed by atoms with van der Waals surface area (Å²) in [6.45, 7) is 5.24. The van der Waals surface area contributed by atoms with E-state index in [9.17, 15) is 18.0 Å². The third-order valence-electron chi connectivity index (χ3n) is 7.05. The highest BCUT2D eigenvalue weighted by atomic mass is 32.2.